The van der Waals surface area contributed by atoms with E-state index < -0.39 is 0 Å². The number of aromatic nitrogens is 3. The van der Waals surface area contributed by atoms with E-state index in [1.165, 1.54) is 5.69 Å². The van der Waals surface area contributed by atoms with Crippen LogP contribution in [-0.4, -0.2) is 32.8 Å². The summed E-state index contributed by atoms with van der Waals surface area (Å²) in [6.45, 7) is 4.09. The van der Waals surface area contributed by atoms with Gasteiger partial charge >= 0.3 is 0 Å². The lowest BCUT2D eigenvalue weighted by Crippen LogP contribution is -2.30. The van der Waals surface area contributed by atoms with Crippen molar-refractivity contribution in [3.63, 3.8) is 0 Å². The van der Waals surface area contributed by atoms with Crippen LogP contribution in [0.4, 0.5) is 0 Å². The zero-order chi connectivity index (χ0) is 16.2. The van der Waals surface area contributed by atoms with Crippen LogP contribution >= 0.6 is 0 Å². The maximum atomic E-state index is 5.92. The fourth-order valence-corrected chi connectivity index (χ4v) is 3.12. The number of hydrogen-bond acceptors (Lipinski definition) is 5. The van der Waals surface area contributed by atoms with Crippen LogP contribution in [0.15, 0.2) is 59.6 Å². The van der Waals surface area contributed by atoms with Crippen molar-refractivity contribution in [2.45, 2.75) is 19.6 Å². The Kier molecular flexibility index (Phi) is 4.29. The topological polar surface area (TPSA) is 56.3 Å². The number of rotatable bonds is 5. The Balaban J connectivity index is 1.46. The van der Waals surface area contributed by atoms with Gasteiger partial charge in [0, 0.05) is 37.9 Å². The van der Waals surface area contributed by atoms with Gasteiger partial charge in [-0.2, -0.15) is 5.10 Å². The van der Waals surface area contributed by atoms with Crippen LogP contribution in [0.3, 0.4) is 0 Å². The summed E-state index contributed by atoms with van der Waals surface area (Å²) in [6, 6.07) is 9.85. The van der Waals surface area contributed by atoms with Gasteiger partial charge in [0.15, 0.2) is 0 Å². The average Bonchev–Trinajstić information content (AvgIpc) is 3.23. The van der Waals surface area contributed by atoms with Crippen molar-refractivity contribution < 1.29 is 9.15 Å². The molecule has 0 aromatic carbocycles. The maximum absolute atomic E-state index is 5.92. The Morgan fingerprint density at radius 2 is 2.17 bits per heavy atom. The van der Waals surface area contributed by atoms with Crippen LogP contribution in [0.1, 0.15) is 11.5 Å². The Labute approximate surface area is 140 Å². The molecule has 3 aromatic rings. The van der Waals surface area contributed by atoms with E-state index in [0.717, 1.165) is 37.7 Å². The van der Waals surface area contributed by atoms with Crippen molar-refractivity contribution >= 4 is 0 Å². The molecule has 0 spiro atoms. The van der Waals surface area contributed by atoms with Gasteiger partial charge in [0.1, 0.15) is 11.5 Å². The molecule has 24 heavy (non-hydrogen) atoms. The summed E-state index contributed by atoms with van der Waals surface area (Å²) in [7, 11) is 0. The highest BCUT2D eigenvalue weighted by atomic mass is 16.5. The van der Waals surface area contributed by atoms with E-state index in [1.54, 1.807) is 18.7 Å². The second kappa shape index (κ2) is 6.88. The molecule has 0 fully saturated rings. The van der Waals surface area contributed by atoms with Crippen LogP contribution in [0.25, 0.3) is 0 Å². The van der Waals surface area contributed by atoms with E-state index in [-0.39, 0.29) is 0 Å². The molecular weight excluding hydrogens is 304 g/mol. The summed E-state index contributed by atoms with van der Waals surface area (Å²) in [5, 5.41) is 4.45. The lowest BCUT2D eigenvalue weighted by Gasteiger charge is -2.23. The predicted molar refractivity (Wildman–Crippen MR) is 88.3 cm³/mol. The zero-order valence-corrected chi connectivity index (χ0v) is 13.4. The summed E-state index contributed by atoms with van der Waals surface area (Å²) in [6.07, 6.45) is 7.08. The molecule has 0 radical (unpaired) electrons. The van der Waals surface area contributed by atoms with Gasteiger partial charge in [-0.25, -0.2) is 0 Å². The molecule has 0 amide bonds. The van der Waals surface area contributed by atoms with Crippen LogP contribution in [0.5, 0.6) is 5.75 Å². The third kappa shape index (κ3) is 3.49. The number of fused-ring (bicyclic) bond motifs is 1. The first-order valence-electron chi connectivity index (χ1n) is 8.15. The van der Waals surface area contributed by atoms with Crippen LogP contribution in [0, 0.1) is 5.92 Å². The lowest BCUT2D eigenvalue weighted by atomic mass is 10.1. The van der Waals surface area contributed by atoms with Gasteiger partial charge < -0.3 is 9.15 Å². The van der Waals surface area contributed by atoms with E-state index in [9.17, 15) is 0 Å². The van der Waals surface area contributed by atoms with Crippen LogP contribution in [-0.2, 0) is 19.6 Å². The molecule has 1 atom stereocenters. The summed E-state index contributed by atoms with van der Waals surface area (Å²) >= 11 is 0. The predicted octanol–water partition coefficient (Wildman–Crippen LogP) is 2.58. The van der Waals surface area contributed by atoms with Crippen molar-refractivity contribution in [3.8, 4) is 5.75 Å². The van der Waals surface area contributed by atoms with Crippen LogP contribution < -0.4 is 4.74 Å². The van der Waals surface area contributed by atoms with Gasteiger partial charge in [0.25, 0.3) is 0 Å². The van der Waals surface area contributed by atoms with Gasteiger partial charge in [0.05, 0.1) is 31.3 Å². The largest absolute Gasteiger partial charge is 0.492 e. The molecule has 124 valence electrons. The van der Waals surface area contributed by atoms with Crippen molar-refractivity contribution in [2.75, 3.05) is 13.2 Å². The van der Waals surface area contributed by atoms with Crippen molar-refractivity contribution in [1.82, 2.24) is 19.7 Å². The highest BCUT2D eigenvalue weighted by molar-refractivity contribution is 5.15. The van der Waals surface area contributed by atoms with Gasteiger partial charge in [-0.15, -0.1) is 0 Å². The molecule has 3 aromatic heterocycles. The Hall–Kier alpha value is -2.60. The van der Waals surface area contributed by atoms with E-state index in [2.05, 4.69) is 25.7 Å². The average molecular weight is 324 g/mol. The quantitative estimate of drug-likeness (QED) is 0.722. The number of nitrogens with zero attached hydrogens (tertiary/aromatic N) is 4. The first-order chi connectivity index (χ1) is 11.9. The molecule has 6 nitrogen and oxygen atoms in total. The van der Waals surface area contributed by atoms with E-state index >= 15 is 0 Å². The molecule has 1 aliphatic heterocycles. The molecule has 0 unspecified atom stereocenters. The Morgan fingerprint density at radius 3 is 3.00 bits per heavy atom. The normalized spacial score (nSPS) is 18.1. The van der Waals surface area contributed by atoms with Gasteiger partial charge in [-0.3, -0.25) is 14.6 Å². The van der Waals surface area contributed by atoms with Crippen molar-refractivity contribution in [1.29, 1.82) is 0 Å². The fraction of sp³-hybridized carbons (Fsp3) is 0.333. The lowest BCUT2D eigenvalue weighted by molar-refractivity contribution is 0.159. The van der Waals surface area contributed by atoms with Gasteiger partial charge in [-0.05, 0) is 30.3 Å². The molecule has 0 N–H and O–H groups in total. The second-order valence-corrected chi connectivity index (χ2v) is 6.12. The standard InChI is InChI=1S/C18H20N4O2/c1-3-17(9-19-6-1)24-14-15-10-21(13-18-4-2-8-23-18)12-16-5-7-20-22(16)11-15/h1-9,15H,10-14H2/t15-/m1/s1. The summed E-state index contributed by atoms with van der Waals surface area (Å²) in [5.74, 6) is 2.14. The van der Waals surface area contributed by atoms with E-state index in [4.69, 9.17) is 9.15 Å². The summed E-state index contributed by atoms with van der Waals surface area (Å²) in [4.78, 5) is 6.48. The number of furan rings is 1. The van der Waals surface area contributed by atoms with Gasteiger partial charge in [-0.1, -0.05) is 0 Å². The molecule has 6 heteroatoms. The summed E-state index contributed by atoms with van der Waals surface area (Å²) in [5.41, 5.74) is 1.23. The summed E-state index contributed by atoms with van der Waals surface area (Å²) < 4.78 is 13.5. The minimum Gasteiger partial charge on any atom is -0.492 e. The number of ether oxygens (including phenoxy) is 1. The molecular formula is C18H20N4O2. The molecule has 4 heterocycles. The van der Waals surface area contributed by atoms with E-state index in [1.807, 2.05) is 30.5 Å². The van der Waals surface area contributed by atoms with Crippen LogP contribution in [0.2, 0.25) is 0 Å². The van der Waals surface area contributed by atoms with Crippen molar-refractivity contribution in [3.05, 3.63) is 66.6 Å². The Bertz CT molecular complexity index is 754. The van der Waals surface area contributed by atoms with Crippen molar-refractivity contribution in [2.24, 2.45) is 5.92 Å². The zero-order valence-electron chi connectivity index (χ0n) is 13.4. The monoisotopic (exact) mass is 324 g/mol. The molecule has 0 saturated carbocycles. The van der Waals surface area contributed by atoms with E-state index in [0.29, 0.717) is 12.5 Å². The third-order valence-corrected chi connectivity index (χ3v) is 4.22. The molecule has 0 aliphatic carbocycles. The first kappa shape index (κ1) is 15.0. The van der Waals surface area contributed by atoms with Gasteiger partial charge in [0.2, 0.25) is 0 Å². The SMILES string of the molecule is c1cncc(OC[C@@H]2CN(Cc3ccco3)Cc3ccnn3C2)c1. The minimum absolute atomic E-state index is 0.348. The highest BCUT2D eigenvalue weighted by Crippen LogP contribution is 2.19. The number of hydrogen-bond donors (Lipinski definition) is 0. The highest BCUT2D eigenvalue weighted by Gasteiger charge is 2.23. The Morgan fingerprint density at radius 1 is 1.17 bits per heavy atom. The maximum Gasteiger partial charge on any atom is 0.137 e. The first-order valence-corrected chi connectivity index (χ1v) is 8.15. The smallest absolute Gasteiger partial charge is 0.137 e. The second-order valence-electron chi connectivity index (χ2n) is 6.12. The number of pyridine rings is 1. The molecule has 0 saturated heterocycles. The molecule has 4 rings (SSSR count). The minimum atomic E-state index is 0.348. The fourth-order valence-electron chi connectivity index (χ4n) is 3.12. The molecule has 0 bridgehead atoms. The third-order valence-electron chi connectivity index (χ3n) is 4.22. The molecule has 1 aliphatic rings.